The van der Waals surface area contributed by atoms with Crippen LogP contribution in [0.5, 0.6) is 0 Å². The lowest BCUT2D eigenvalue weighted by Gasteiger charge is -2.23. The van der Waals surface area contributed by atoms with Gasteiger partial charge in [0.25, 0.3) is 18.3 Å². The van der Waals surface area contributed by atoms with Gasteiger partial charge in [0.1, 0.15) is 29.6 Å². The molecule has 4 heterocycles. The molecule has 1 fully saturated rings. The predicted molar refractivity (Wildman–Crippen MR) is 156 cm³/mol. The first-order valence-corrected chi connectivity index (χ1v) is 14.9. The van der Waals surface area contributed by atoms with Crippen LogP contribution in [0, 0.1) is 17.6 Å². The minimum absolute atomic E-state index is 0.0737. The maximum atomic E-state index is 15.2. The number of nitrogens with zero attached hydrogens (tertiary/aromatic N) is 3. The van der Waals surface area contributed by atoms with Gasteiger partial charge in [0, 0.05) is 41.4 Å². The zero-order chi connectivity index (χ0) is 32.8. The molecule has 2 aliphatic carbocycles. The Morgan fingerprint density at radius 2 is 1.83 bits per heavy atom. The monoisotopic (exact) mass is 650 g/mol. The average Bonchev–Trinajstić information content (AvgIpc) is 3.25. The normalized spacial score (nSPS) is 19.4. The lowest BCUT2D eigenvalue weighted by atomic mass is 9.93. The Labute approximate surface area is 262 Å². The van der Waals surface area contributed by atoms with E-state index in [9.17, 15) is 27.2 Å². The van der Waals surface area contributed by atoms with E-state index in [0.29, 0.717) is 45.0 Å². The highest BCUT2D eigenvalue weighted by molar-refractivity contribution is 5.99. The Hall–Kier alpha value is -5.14. The molecule has 8 nitrogen and oxygen atoms in total. The van der Waals surface area contributed by atoms with E-state index >= 15 is 8.78 Å². The van der Waals surface area contributed by atoms with E-state index in [0.717, 1.165) is 17.7 Å². The van der Waals surface area contributed by atoms with Crippen LogP contribution in [0.1, 0.15) is 68.9 Å². The largest absolute Gasteiger partial charge is 0.360 e. The van der Waals surface area contributed by atoms with Gasteiger partial charge in [0.2, 0.25) is 5.91 Å². The minimum atomic E-state index is -3.42. The zero-order valence-electron chi connectivity index (χ0n) is 24.3. The predicted octanol–water partition coefficient (Wildman–Crippen LogP) is 6.19. The average molecular weight is 651 g/mol. The second-order valence-corrected chi connectivity index (χ2v) is 12.2. The molecule has 0 bridgehead atoms. The summed E-state index contributed by atoms with van der Waals surface area (Å²) in [6, 6.07) is 10.5. The molecule has 3 aliphatic rings. The highest BCUT2D eigenvalue weighted by Crippen LogP contribution is 2.68. The number of rotatable bonds is 8. The van der Waals surface area contributed by atoms with E-state index in [1.165, 1.54) is 0 Å². The summed E-state index contributed by atoms with van der Waals surface area (Å²) in [6.07, 6.45) is -1.56. The van der Waals surface area contributed by atoms with Crippen molar-refractivity contribution in [1.82, 2.24) is 30.4 Å². The third-order valence-electron chi connectivity index (χ3n) is 9.15. The number of aromatic nitrogens is 4. The highest BCUT2D eigenvalue weighted by Gasteiger charge is 2.67. The van der Waals surface area contributed by atoms with Crippen LogP contribution < -0.4 is 10.6 Å². The second-order valence-electron chi connectivity index (χ2n) is 12.2. The number of halogens is 6. The van der Waals surface area contributed by atoms with Gasteiger partial charge in [-0.25, -0.2) is 22.5 Å². The quantitative estimate of drug-likeness (QED) is 0.174. The number of alkyl halides is 4. The van der Waals surface area contributed by atoms with E-state index in [1.807, 2.05) is 0 Å². The standard InChI is InChI=1S/C33H24F6N6O2/c34-17-5-14(6-18(35)9-17)7-25(42-26(46)13-45-30-27(29(44-45)31(36)37)21-10-22(21)33(30,38)39)28-19(11-24-23(43-28)3-4-40-24)15-1-2-16-12-41-32(47)20(16)8-15/h1-6,8-9,11,21-22,25,31,40H,7,10,12-13H2,(H,41,47)(H,42,46)/t21?,22?,25-/m0/s1. The fourth-order valence-corrected chi connectivity index (χ4v) is 7.01. The number of benzene rings is 2. The van der Waals surface area contributed by atoms with Gasteiger partial charge >= 0.3 is 0 Å². The first-order chi connectivity index (χ1) is 22.5. The summed E-state index contributed by atoms with van der Waals surface area (Å²) in [5.74, 6) is -8.08. The number of H-pyrrole nitrogens is 1. The maximum Gasteiger partial charge on any atom is 0.293 e. The summed E-state index contributed by atoms with van der Waals surface area (Å²) in [5.41, 5.74) is 2.20. The van der Waals surface area contributed by atoms with Crippen molar-refractivity contribution in [2.75, 3.05) is 0 Å². The number of amides is 2. The Balaban J connectivity index is 1.21. The molecule has 2 unspecified atom stereocenters. The SMILES string of the molecule is O=C(Cn1nc(C(F)F)c2c1C(F)(F)C1CC21)N[C@@H](Cc1cc(F)cc(F)c1)c1nc2cc[nH]c2cc1-c1ccc2c(c1)C(=O)NC2. The van der Waals surface area contributed by atoms with Gasteiger partial charge in [-0.05, 0) is 65.8 Å². The molecule has 8 rings (SSSR count). The molecule has 2 aromatic carbocycles. The van der Waals surface area contributed by atoms with Gasteiger partial charge in [-0.1, -0.05) is 12.1 Å². The molecule has 3 aromatic heterocycles. The van der Waals surface area contributed by atoms with Crippen LogP contribution in [0.4, 0.5) is 26.3 Å². The number of fused-ring (bicyclic) bond motifs is 5. The first kappa shape index (κ1) is 29.3. The molecular weight excluding hydrogens is 626 g/mol. The van der Waals surface area contributed by atoms with Gasteiger partial charge in [0.15, 0.2) is 0 Å². The van der Waals surface area contributed by atoms with Crippen LogP contribution in [0.25, 0.3) is 22.2 Å². The first-order valence-electron chi connectivity index (χ1n) is 14.9. The number of hydrogen-bond acceptors (Lipinski definition) is 4. The third-order valence-corrected chi connectivity index (χ3v) is 9.15. The number of carbonyl (C=O) groups is 2. The lowest BCUT2D eigenvalue weighted by molar-refractivity contribution is -0.123. The maximum absolute atomic E-state index is 15.2. The van der Waals surface area contributed by atoms with Crippen molar-refractivity contribution in [3.63, 3.8) is 0 Å². The smallest absolute Gasteiger partial charge is 0.293 e. The molecule has 2 amide bonds. The Kier molecular flexibility index (Phi) is 6.50. The molecule has 1 saturated carbocycles. The van der Waals surface area contributed by atoms with Crippen molar-refractivity contribution in [3.8, 4) is 11.1 Å². The van der Waals surface area contributed by atoms with Crippen LogP contribution in [0.2, 0.25) is 0 Å². The Bertz CT molecular complexity index is 2100. The topological polar surface area (TPSA) is 105 Å². The van der Waals surface area contributed by atoms with Crippen molar-refractivity contribution in [3.05, 3.63) is 106 Å². The number of aromatic amines is 1. The van der Waals surface area contributed by atoms with Crippen LogP contribution in [-0.2, 0) is 30.2 Å². The molecule has 0 saturated heterocycles. The Morgan fingerprint density at radius 3 is 2.60 bits per heavy atom. The van der Waals surface area contributed by atoms with Gasteiger partial charge < -0.3 is 15.6 Å². The van der Waals surface area contributed by atoms with Gasteiger partial charge in [-0.15, -0.1) is 0 Å². The van der Waals surface area contributed by atoms with Gasteiger partial charge in [-0.2, -0.15) is 13.9 Å². The summed E-state index contributed by atoms with van der Waals surface area (Å²) >= 11 is 0. The molecule has 47 heavy (non-hydrogen) atoms. The summed E-state index contributed by atoms with van der Waals surface area (Å²) in [7, 11) is 0. The molecule has 3 atom stereocenters. The van der Waals surface area contributed by atoms with E-state index in [-0.39, 0.29) is 35.6 Å². The van der Waals surface area contributed by atoms with Crippen LogP contribution in [0.3, 0.4) is 0 Å². The molecular formula is C33H24F6N6O2. The van der Waals surface area contributed by atoms with Crippen LogP contribution >= 0.6 is 0 Å². The zero-order valence-corrected chi connectivity index (χ0v) is 24.3. The van der Waals surface area contributed by atoms with E-state index in [4.69, 9.17) is 4.98 Å². The summed E-state index contributed by atoms with van der Waals surface area (Å²) in [4.78, 5) is 34.0. The van der Waals surface area contributed by atoms with Crippen LogP contribution in [0.15, 0.2) is 54.7 Å². The molecule has 14 heteroatoms. The Morgan fingerprint density at radius 1 is 1.04 bits per heavy atom. The van der Waals surface area contributed by atoms with E-state index < -0.39 is 65.7 Å². The number of carbonyl (C=O) groups excluding carboxylic acids is 2. The molecule has 5 aromatic rings. The van der Waals surface area contributed by atoms with Crippen molar-refractivity contribution in [2.45, 2.75) is 50.2 Å². The van der Waals surface area contributed by atoms with Gasteiger partial charge in [0.05, 0.1) is 22.8 Å². The van der Waals surface area contributed by atoms with E-state index in [1.54, 1.807) is 36.5 Å². The van der Waals surface area contributed by atoms with Gasteiger partial charge in [-0.3, -0.25) is 14.3 Å². The summed E-state index contributed by atoms with van der Waals surface area (Å²) < 4.78 is 87.3. The highest BCUT2D eigenvalue weighted by atomic mass is 19.3. The van der Waals surface area contributed by atoms with Crippen molar-refractivity contribution in [2.24, 2.45) is 5.92 Å². The fraction of sp³-hybridized carbons (Fsp3) is 0.273. The van der Waals surface area contributed by atoms with Crippen molar-refractivity contribution >= 4 is 22.8 Å². The van der Waals surface area contributed by atoms with E-state index in [2.05, 4.69) is 20.7 Å². The number of pyridine rings is 1. The lowest BCUT2D eigenvalue weighted by Crippen LogP contribution is -2.35. The van der Waals surface area contributed by atoms with Crippen molar-refractivity contribution < 1.29 is 35.9 Å². The minimum Gasteiger partial charge on any atom is -0.360 e. The number of hydrogen-bond donors (Lipinski definition) is 3. The summed E-state index contributed by atoms with van der Waals surface area (Å²) in [5, 5.41) is 9.25. The third kappa shape index (κ3) is 4.84. The molecule has 0 spiro atoms. The summed E-state index contributed by atoms with van der Waals surface area (Å²) in [6.45, 7) is -0.442. The molecule has 1 aliphatic heterocycles. The number of nitrogens with one attached hydrogen (secondary N) is 3. The fourth-order valence-electron chi connectivity index (χ4n) is 7.01. The molecule has 3 N–H and O–H groups in total. The molecule has 240 valence electrons. The van der Waals surface area contributed by atoms with Crippen LogP contribution in [-0.4, -0.2) is 31.6 Å². The molecule has 0 radical (unpaired) electrons. The second kappa shape index (κ2) is 10.4. The van der Waals surface area contributed by atoms with Crippen molar-refractivity contribution in [1.29, 1.82) is 0 Å².